The summed E-state index contributed by atoms with van der Waals surface area (Å²) in [4.78, 5) is 0. The Hall–Kier alpha value is -2.34. The van der Waals surface area contributed by atoms with Crippen LogP contribution in [-0.2, 0) is 5.41 Å². The van der Waals surface area contributed by atoms with E-state index >= 15 is 0 Å². The first-order chi connectivity index (χ1) is 10.4. The van der Waals surface area contributed by atoms with Gasteiger partial charge < -0.3 is 0 Å². The maximum atomic E-state index is 2.33. The van der Waals surface area contributed by atoms with Gasteiger partial charge in [-0.1, -0.05) is 78.9 Å². The molecule has 3 aromatic carbocycles. The van der Waals surface area contributed by atoms with Crippen molar-refractivity contribution < 1.29 is 0 Å². The normalized spacial score (nSPS) is 20.1. The highest BCUT2D eigenvalue weighted by Crippen LogP contribution is 2.70. The van der Waals surface area contributed by atoms with Crippen LogP contribution in [0.4, 0.5) is 0 Å². The number of fused-ring (bicyclic) bond motifs is 5. The summed E-state index contributed by atoms with van der Waals surface area (Å²) in [7, 11) is 0. The Morgan fingerprint density at radius 2 is 1.14 bits per heavy atom. The lowest BCUT2D eigenvalue weighted by Crippen LogP contribution is -2.07. The van der Waals surface area contributed by atoms with E-state index < -0.39 is 0 Å². The molecule has 3 aromatic rings. The van der Waals surface area contributed by atoms with E-state index in [0.29, 0.717) is 5.92 Å². The van der Waals surface area contributed by atoms with E-state index in [2.05, 4.69) is 78.9 Å². The zero-order valence-electron chi connectivity index (χ0n) is 11.8. The molecule has 5 rings (SSSR count). The largest absolute Gasteiger partial charge is 0.0622 e. The summed E-state index contributed by atoms with van der Waals surface area (Å²) in [5, 5.41) is 0. The van der Waals surface area contributed by atoms with Gasteiger partial charge in [0, 0.05) is 5.41 Å². The Kier molecular flexibility index (Phi) is 2.08. The number of rotatable bonds is 1. The molecule has 0 aromatic heterocycles. The Morgan fingerprint density at radius 1 is 0.619 bits per heavy atom. The molecular formula is C21H16. The van der Waals surface area contributed by atoms with Crippen molar-refractivity contribution in [1.82, 2.24) is 0 Å². The topological polar surface area (TPSA) is 0 Å². The van der Waals surface area contributed by atoms with Crippen LogP contribution in [0.3, 0.4) is 0 Å². The smallest absolute Gasteiger partial charge is 0.0290 e. The van der Waals surface area contributed by atoms with Gasteiger partial charge >= 0.3 is 0 Å². The van der Waals surface area contributed by atoms with Gasteiger partial charge in [-0.2, -0.15) is 0 Å². The molecule has 1 unspecified atom stereocenters. The van der Waals surface area contributed by atoms with Gasteiger partial charge in [0.1, 0.15) is 0 Å². The van der Waals surface area contributed by atoms with Crippen LogP contribution in [0.5, 0.6) is 0 Å². The molecule has 100 valence electrons. The molecule has 2 aliphatic carbocycles. The predicted molar refractivity (Wildman–Crippen MR) is 86.5 cm³/mol. The average Bonchev–Trinajstić information content (AvgIpc) is 3.25. The van der Waals surface area contributed by atoms with Crippen LogP contribution < -0.4 is 0 Å². The lowest BCUT2D eigenvalue weighted by molar-refractivity contribution is 0.829. The monoisotopic (exact) mass is 268 g/mol. The Balaban J connectivity index is 1.75. The molecule has 0 bridgehead atoms. The zero-order chi connectivity index (χ0) is 13.9. The first kappa shape index (κ1) is 11.3. The molecule has 1 atom stereocenters. The fourth-order valence-electron chi connectivity index (χ4n) is 4.31. The van der Waals surface area contributed by atoms with Crippen molar-refractivity contribution >= 4 is 0 Å². The second-order valence-corrected chi connectivity index (χ2v) is 6.23. The number of hydrogen-bond acceptors (Lipinski definition) is 0. The maximum absolute atomic E-state index is 2.33. The third kappa shape index (κ3) is 1.35. The van der Waals surface area contributed by atoms with Gasteiger partial charge in [0.15, 0.2) is 0 Å². The fourth-order valence-corrected chi connectivity index (χ4v) is 4.31. The molecular weight excluding hydrogens is 252 g/mol. The minimum atomic E-state index is 0.231. The molecule has 2 aliphatic rings. The molecule has 0 aliphatic heterocycles. The second kappa shape index (κ2) is 3.85. The summed E-state index contributed by atoms with van der Waals surface area (Å²) in [6.07, 6.45) is 1.24. The van der Waals surface area contributed by atoms with Crippen LogP contribution in [0.2, 0.25) is 0 Å². The lowest BCUT2D eigenvalue weighted by Gasteiger charge is -2.14. The zero-order valence-corrected chi connectivity index (χ0v) is 11.8. The van der Waals surface area contributed by atoms with E-state index in [-0.39, 0.29) is 5.41 Å². The average molecular weight is 268 g/mol. The van der Waals surface area contributed by atoms with Gasteiger partial charge in [0.2, 0.25) is 0 Å². The summed E-state index contributed by atoms with van der Waals surface area (Å²) in [5.74, 6) is 0.628. The highest BCUT2D eigenvalue weighted by atomic mass is 14.6. The first-order valence-corrected chi connectivity index (χ1v) is 7.65. The molecule has 0 N–H and O–H groups in total. The fraction of sp³-hybridized carbons (Fsp3) is 0.143. The standard InChI is InChI=1S/C21H16/c1-2-8-15(9-3-1)20-14-21(20)18-12-6-4-10-16(18)17-11-5-7-13-19(17)21/h1-13,20H,14H2. The van der Waals surface area contributed by atoms with Gasteiger partial charge in [-0.15, -0.1) is 0 Å². The van der Waals surface area contributed by atoms with E-state index in [0.717, 1.165) is 0 Å². The summed E-state index contributed by atoms with van der Waals surface area (Å²) in [5.41, 5.74) is 7.64. The summed E-state index contributed by atoms with van der Waals surface area (Å²) in [6, 6.07) is 28.9. The van der Waals surface area contributed by atoms with Gasteiger partial charge in [-0.25, -0.2) is 0 Å². The molecule has 1 saturated carbocycles. The molecule has 1 fully saturated rings. The first-order valence-electron chi connectivity index (χ1n) is 7.65. The van der Waals surface area contributed by atoms with Crippen molar-refractivity contribution in [1.29, 1.82) is 0 Å². The minimum Gasteiger partial charge on any atom is -0.0622 e. The molecule has 0 radical (unpaired) electrons. The van der Waals surface area contributed by atoms with Crippen molar-refractivity contribution in [3.63, 3.8) is 0 Å². The van der Waals surface area contributed by atoms with Crippen molar-refractivity contribution in [2.75, 3.05) is 0 Å². The second-order valence-electron chi connectivity index (χ2n) is 6.23. The SMILES string of the molecule is c1ccc(C2CC23c2ccccc2-c2ccccc23)cc1. The van der Waals surface area contributed by atoms with Crippen LogP contribution in [-0.4, -0.2) is 0 Å². The Labute approximate surface area is 125 Å². The summed E-state index contributed by atoms with van der Waals surface area (Å²) in [6.45, 7) is 0. The minimum absolute atomic E-state index is 0.231. The molecule has 0 nitrogen and oxygen atoms in total. The molecule has 0 saturated heterocycles. The van der Waals surface area contributed by atoms with E-state index in [4.69, 9.17) is 0 Å². The highest BCUT2D eigenvalue weighted by Gasteiger charge is 2.61. The van der Waals surface area contributed by atoms with Crippen molar-refractivity contribution in [2.24, 2.45) is 0 Å². The van der Waals surface area contributed by atoms with Gasteiger partial charge in [-0.05, 0) is 40.2 Å². The molecule has 0 heteroatoms. The molecule has 0 heterocycles. The van der Waals surface area contributed by atoms with Gasteiger partial charge in [0.05, 0.1) is 0 Å². The van der Waals surface area contributed by atoms with Crippen molar-refractivity contribution in [3.8, 4) is 11.1 Å². The van der Waals surface area contributed by atoms with Crippen molar-refractivity contribution in [2.45, 2.75) is 17.8 Å². The van der Waals surface area contributed by atoms with Crippen LogP contribution in [0, 0.1) is 0 Å². The van der Waals surface area contributed by atoms with Crippen LogP contribution in [0.25, 0.3) is 11.1 Å². The van der Waals surface area contributed by atoms with Crippen LogP contribution >= 0.6 is 0 Å². The Bertz CT molecular complexity index is 784. The van der Waals surface area contributed by atoms with Gasteiger partial charge in [0.25, 0.3) is 0 Å². The van der Waals surface area contributed by atoms with Crippen LogP contribution in [0.1, 0.15) is 29.0 Å². The third-order valence-electron chi connectivity index (χ3n) is 5.27. The van der Waals surface area contributed by atoms with Crippen LogP contribution in [0.15, 0.2) is 78.9 Å². The molecule has 0 amide bonds. The summed E-state index contributed by atoms with van der Waals surface area (Å²) < 4.78 is 0. The van der Waals surface area contributed by atoms with Gasteiger partial charge in [-0.3, -0.25) is 0 Å². The molecule has 21 heavy (non-hydrogen) atoms. The lowest BCUT2D eigenvalue weighted by atomic mass is 9.89. The van der Waals surface area contributed by atoms with E-state index in [9.17, 15) is 0 Å². The highest BCUT2D eigenvalue weighted by molar-refractivity contribution is 5.84. The van der Waals surface area contributed by atoms with E-state index in [1.54, 1.807) is 0 Å². The van der Waals surface area contributed by atoms with Crippen molar-refractivity contribution in [3.05, 3.63) is 95.6 Å². The molecule has 1 spiro atoms. The quantitative estimate of drug-likeness (QED) is 0.573. The van der Waals surface area contributed by atoms with E-state index in [1.807, 2.05) is 0 Å². The van der Waals surface area contributed by atoms with E-state index in [1.165, 1.54) is 34.2 Å². The Morgan fingerprint density at radius 3 is 1.76 bits per heavy atom. The predicted octanol–water partition coefficient (Wildman–Crippen LogP) is 5.14. The summed E-state index contributed by atoms with van der Waals surface area (Å²) >= 11 is 0. The maximum Gasteiger partial charge on any atom is 0.0290 e. The third-order valence-corrected chi connectivity index (χ3v) is 5.27. The number of hydrogen-bond donors (Lipinski definition) is 0. The number of benzene rings is 3.